The van der Waals surface area contributed by atoms with Crippen LogP contribution in [0.3, 0.4) is 0 Å². The second-order valence-electron chi connectivity index (χ2n) is 3.59. The monoisotopic (exact) mass is 199 g/mol. The number of carbonyl (C=O) groups is 1. The summed E-state index contributed by atoms with van der Waals surface area (Å²) in [5.41, 5.74) is 0.446. The maximum absolute atomic E-state index is 11.3. The van der Waals surface area contributed by atoms with E-state index in [-0.39, 0.29) is 24.7 Å². The molecule has 1 rings (SSSR count). The van der Waals surface area contributed by atoms with Crippen molar-refractivity contribution in [3.63, 3.8) is 0 Å². The molecular formula is C10H17NO3. The SMILES string of the molecule is C=C(C)C(=O)NC(CO)C1CCCO1. The van der Waals surface area contributed by atoms with Gasteiger partial charge in [-0.05, 0) is 19.8 Å². The Balaban J connectivity index is 2.45. The molecule has 1 aliphatic heterocycles. The fraction of sp³-hybridized carbons (Fsp3) is 0.700. The Morgan fingerprint density at radius 1 is 1.79 bits per heavy atom. The van der Waals surface area contributed by atoms with E-state index < -0.39 is 0 Å². The van der Waals surface area contributed by atoms with Crippen LogP contribution in [0.1, 0.15) is 19.8 Å². The molecular weight excluding hydrogens is 182 g/mol. The predicted molar refractivity (Wildman–Crippen MR) is 52.8 cm³/mol. The van der Waals surface area contributed by atoms with Crippen molar-refractivity contribution >= 4 is 5.91 Å². The Hall–Kier alpha value is -0.870. The van der Waals surface area contributed by atoms with Crippen LogP contribution in [0.25, 0.3) is 0 Å². The highest BCUT2D eigenvalue weighted by Gasteiger charge is 2.26. The topological polar surface area (TPSA) is 58.6 Å². The van der Waals surface area contributed by atoms with Crippen LogP contribution in [0.15, 0.2) is 12.2 Å². The van der Waals surface area contributed by atoms with Crippen molar-refractivity contribution in [2.75, 3.05) is 13.2 Å². The number of nitrogens with one attached hydrogen (secondary N) is 1. The number of hydrogen-bond donors (Lipinski definition) is 2. The minimum Gasteiger partial charge on any atom is -0.394 e. The van der Waals surface area contributed by atoms with E-state index in [4.69, 9.17) is 9.84 Å². The van der Waals surface area contributed by atoms with Crippen molar-refractivity contribution in [1.82, 2.24) is 5.32 Å². The van der Waals surface area contributed by atoms with Crippen molar-refractivity contribution in [2.24, 2.45) is 0 Å². The second kappa shape index (κ2) is 5.12. The van der Waals surface area contributed by atoms with Crippen molar-refractivity contribution in [3.05, 3.63) is 12.2 Å². The molecule has 1 aliphatic rings. The summed E-state index contributed by atoms with van der Waals surface area (Å²) in [5.74, 6) is -0.223. The summed E-state index contributed by atoms with van der Waals surface area (Å²) in [6, 6.07) is -0.304. The van der Waals surface area contributed by atoms with Gasteiger partial charge in [-0.2, -0.15) is 0 Å². The van der Waals surface area contributed by atoms with Crippen LogP contribution in [-0.4, -0.2) is 36.4 Å². The van der Waals surface area contributed by atoms with Gasteiger partial charge in [0.05, 0.1) is 18.8 Å². The molecule has 1 heterocycles. The van der Waals surface area contributed by atoms with Gasteiger partial charge in [-0.15, -0.1) is 0 Å². The van der Waals surface area contributed by atoms with Crippen LogP contribution in [0.4, 0.5) is 0 Å². The smallest absolute Gasteiger partial charge is 0.246 e. The van der Waals surface area contributed by atoms with E-state index in [1.807, 2.05) is 0 Å². The lowest BCUT2D eigenvalue weighted by Gasteiger charge is -2.21. The molecule has 0 spiro atoms. The van der Waals surface area contributed by atoms with E-state index in [1.54, 1.807) is 6.92 Å². The highest BCUT2D eigenvalue weighted by atomic mass is 16.5. The summed E-state index contributed by atoms with van der Waals surface area (Å²) in [4.78, 5) is 11.3. The van der Waals surface area contributed by atoms with E-state index in [1.165, 1.54) is 0 Å². The molecule has 1 saturated heterocycles. The van der Waals surface area contributed by atoms with Gasteiger partial charge in [-0.3, -0.25) is 4.79 Å². The molecule has 2 atom stereocenters. The van der Waals surface area contributed by atoms with Gasteiger partial charge < -0.3 is 15.2 Å². The standard InChI is InChI=1S/C10H17NO3/c1-7(2)10(13)11-8(6-12)9-4-3-5-14-9/h8-9,12H,1,3-6H2,2H3,(H,11,13). The quantitative estimate of drug-likeness (QED) is 0.637. The Bertz CT molecular complexity index is 221. The highest BCUT2D eigenvalue weighted by Crippen LogP contribution is 2.15. The number of ether oxygens (including phenoxy) is 1. The van der Waals surface area contributed by atoms with E-state index >= 15 is 0 Å². The molecule has 2 unspecified atom stereocenters. The van der Waals surface area contributed by atoms with Crippen LogP contribution >= 0.6 is 0 Å². The molecule has 0 aromatic rings. The maximum atomic E-state index is 11.3. The van der Waals surface area contributed by atoms with Crippen LogP contribution in [-0.2, 0) is 9.53 Å². The Kier molecular flexibility index (Phi) is 4.10. The van der Waals surface area contributed by atoms with Crippen molar-refractivity contribution in [3.8, 4) is 0 Å². The molecule has 14 heavy (non-hydrogen) atoms. The first-order valence-corrected chi connectivity index (χ1v) is 4.84. The molecule has 4 heteroatoms. The van der Waals surface area contributed by atoms with Crippen LogP contribution in [0, 0.1) is 0 Å². The lowest BCUT2D eigenvalue weighted by atomic mass is 10.1. The first kappa shape index (κ1) is 11.2. The van der Waals surface area contributed by atoms with E-state index in [0.717, 1.165) is 12.8 Å². The molecule has 1 amide bonds. The van der Waals surface area contributed by atoms with Gasteiger partial charge in [0.25, 0.3) is 0 Å². The van der Waals surface area contributed by atoms with Crippen LogP contribution in [0.2, 0.25) is 0 Å². The number of aliphatic hydroxyl groups excluding tert-OH is 1. The Morgan fingerprint density at radius 3 is 2.93 bits per heavy atom. The molecule has 0 aliphatic carbocycles. The molecule has 0 saturated carbocycles. The fourth-order valence-electron chi connectivity index (χ4n) is 1.47. The van der Waals surface area contributed by atoms with Gasteiger partial charge in [-0.1, -0.05) is 6.58 Å². The lowest BCUT2D eigenvalue weighted by molar-refractivity contribution is -0.119. The molecule has 0 aromatic heterocycles. The summed E-state index contributed by atoms with van der Waals surface area (Å²) in [7, 11) is 0. The van der Waals surface area contributed by atoms with Gasteiger partial charge in [0.2, 0.25) is 5.91 Å². The van der Waals surface area contributed by atoms with E-state index in [9.17, 15) is 4.79 Å². The number of rotatable bonds is 4. The summed E-state index contributed by atoms with van der Waals surface area (Å²) >= 11 is 0. The van der Waals surface area contributed by atoms with Crippen molar-refractivity contribution < 1.29 is 14.6 Å². The Labute approximate surface area is 83.9 Å². The zero-order valence-corrected chi connectivity index (χ0v) is 8.45. The summed E-state index contributed by atoms with van der Waals surface area (Å²) in [5, 5.41) is 11.8. The first-order chi connectivity index (χ1) is 6.65. The average molecular weight is 199 g/mol. The first-order valence-electron chi connectivity index (χ1n) is 4.84. The van der Waals surface area contributed by atoms with Crippen molar-refractivity contribution in [1.29, 1.82) is 0 Å². The molecule has 2 N–H and O–H groups in total. The third kappa shape index (κ3) is 2.82. The normalized spacial score (nSPS) is 23.1. The minimum absolute atomic E-state index is 0.0525. The maximum Gasteiger partial charge on any atom is 0.246 e. The van der Waals surface area contributed by atoms with Crippen LogP contribution in [0.5, 0.6) is 0 Å². The zero-order valence-electron chi connectivity index (χ0n) is 8.45. The molecule has 0 aromatic carbocycles. The van der Waals surface area contributed by atoms with Gasteiger partial charge in [0, 0.05) is 12.2 Å². The predicted octanol–water partition coefficient (Wildman–Crippen LogP) is 0.219. The number of hydrogen-bond acceptors (Lipinski definition) is 3. The number of carbonyl (C=O) groups excluding carboxylic acids is 1. The lowest BCUT2D eigenvalue weighted by Crippen LogP contribution is -2.45. The third-order valence-electron chi connectivity index (χ3n) is 2.31. The number of amides is 1. The zero-order chi connectivity index (χ0) is 10.6. The fourth-order valence-corrected chi connectivity index (χ4v) is 1.47. The average Bonchev–Trinajstić information content (AvgIpc) is 2.66. The Morgan fingerprint density at radius 2 is 2.50 bits per heavy atom. The highest BCUT2D eigenvalue weighted by molar-refractivity contribution is 5.92. The van der Waals surface area contributed by atoms with E-state index in [0.29, 0.717) is 12.2 Å². The summed E-state index contributed by atoms with van der Waals surface area (Å²) in [6.45, 7) is 5.79. The van der Waals surface area contributed by atoms with Gasteiger partial charge >= 0.3 is 0 Å². The molecule has 4 nitrogen and oxygen atoms in total. The van der Waals surface area contributed by atoms with Crippen molar-refractivity contribution in [2.45, 2.75) is 31.9 Å². The van der Waals surface area contributed by atoms with Gasteiger partial charge in [0.1, 0.15) is 0 Å². The minimum atomic E-state index is -0.304. The third-order valence-corrected chi connectivity index (χ3v) is 2.31. The molecule has 0 bridgehead atoms. The largest absolute Gasteiger partial charge is 0.394 e. The second-order valence-corrected chi connectivity index (χ2v) is 3.59. The van der Waals surface area contributed by atoms with E-state index in [2.05, 4.69) is 11.9 Å². The number of aliphatic hydroxyl groups is 1. The summed E-state index contributed by atoms with van der Waals surface area (Å²) in [6.07, 6.45) is 1.83. The summed E-state index contributed by atoms with van der Waals surface area (Å²) < 4.78 is 5.38. The van der Waals surface area contributed by atoms with Gasteiger partial charge in [-0.25, -0.2) is 0 Å². The van der Waals surface area contributed by atoms with Crippen LogP contribution < -0.4 is 5.32 Å². The molecule has 0 radical (unpaired) electrons. The van der Waals surface area contributed by atoms with Gasteiger partial charge in [0.15, 0.2) is 0 Å². The molecule has 80 valence electrons. The molecule has 1 fully saturated rings.